The second-order valence-electron chi connectivity index (χ2n) is 8.94. The van der Waals surface area contributed by atoms with Crippen LogP contribution in [-0.2, 0) is 16.1 Å². The quantitative estimate of drug-likeness (QED) is 0.467. The van der Waals surface area contributed by atoms with Crippen LogP contribution >= 0.6 is 0 Å². The van der Waals surface area contributed by atoms with Crippen LogP contribution in [0.1, 0.15) is 58.4 Å². The van der Waals surface area contributed by atoms with E-state index in [0.29, 0.717) is 23.1 Å². The Bertz CT molecular complexity index is 945. The molecule has 3 N–H and O–H groups in total. The van der Waals surface area contributed by atoms with Gasteiger partial charge in [-0.3, -0.25) is 29.4 Å². The van der Waals surface area contributed by atoms with Crippen molar-refractivity contribution in [1.29, 1.82) is 0 Å². The van der Waals surface area contributed by atoms with Crippen molar-refractivity contribution in [2.45, 2.75) is 44.7 Å². The van der Waals surface area contributed by atoms with E-state index in [0.717, 1.165) is 42.4 Å². The predicted molar refractivity (Wildman–Crippen MR) is 107 cm³/mol. The topological polar surface area (TPSA) is 108 Å². The van der Waals surface area contributed by atoms with Gasteiger partial charge >= 0.3 is 0 Å². The molecule has 0 bridgehead atoms. The number of amides is 4. The number of rotatable bonds is 6. The minimum absolute atomic E-state index is 0.121. The van der Waals surface area contributed by atoms with Crippen LogP contribution in [0.15, 0.2) is 18.2 Å². The van der Waals surface area contributed by atoms with Gasteiger partial charge < -0.3 is 10.6 Å². The Balaban J connectivity index is 1.27. The fourth-order valence-corrected chi connectivity index (χ4v) is 5.51. The van der Waals surface area contributed by atoms with Gasteiger partial charge in [0.25, 0.3) is 11.8 Å². The number of hydrogen-bond donors (Lipinski definition) is 3. The van der Waals surface area contributed by atoms with Gasteiger partial charge in [-0.15, -0.1) is 0 Å². The van der Waals surface area contributed by atoms with E-state index in [9.17, 15) is 19.2 Å². The van der Waals surface area contributed by atoms with Crippen LogP contribution in [0.3, 0.4) is 0 Å². The number of carbonyl (C=O) groups is 4. The highest BCUT2D eigenvalue weighted by Gasteiger charge is 2.49. The zero-order valence-electron chi connectivity index (χ0n) is 16.8. The molecule has 3 atom stereocenters. The SMILES string of the molecule is O=C1CCC(N2C(=O)c3cccc(CNCCC45CCC4CNC5)c3C2=O)C(=O)N1. The first kappa shape index (κ1) is 19.4. The zero-order valence-corrected chi connectivity index (χ0v) is 16.8. The fourth-order valence-electron chi connectivity index (χ4n) is 5.51. The molecule has 0 spiro atoms. The molecule has 8 nitrogen and oxygen atoms in total. The van der Waals surface area contributed by atoms with Crippen molar-refractivity contribution in [1.82, 2.24) is 20.9 Å². The first-order valence-corrected chi connectivity index (χ1v) is 10.8. The van der Waals surface area contributed by atoms with Gasteiger partial charge in [-0.2, -0.15) is 0 Å². The Hall–Kier alpha value is -2.58. The lowest BCUT2D eigenvalue weighted by Gasteiger charge is -2.44. The van der Waals surface area contributed by atoms with Gasteiger partial charge in [0.05, 0.1) is 11.1 Å². The number of piperidine rings is 1. The summed E-state index contributed by atoms with van der Waals surface area (Å²) in [5.41, 5.74) is 1.91. The highest BCUT2D eigenvalue weighted by atomic mass is 16.2. The van der Waals surface area contributed by atoms with Gasteiger partial charge in [0, 0.05) is 19.5 Å². The molecule has 1 aromatic carbocycles. The van der Waals surface area contributed by atoms with Crippen molar-refractivity contribution in [2.75, 3.05) is 19.6 Å². The van der Waals surface area contributed by atoms with Gasteiger partial charge in [-0.25, -0.2) is 0 Å². The summed E-state index contributed by atoms with van der Waals surface area (Å²) >= 11 is 0. The molecule has 3 heterocycles. The lowest BCUT2D eigenvalue weighted by atomic mass is 9.60. The Morgan fingerprint density at radius 1 is 1.13 bits per heavy atom. The maximum Gasteiger partial charge on any atom is 0.262 e. The highest BCUT2D eigenvalue weighted by Crippen LogP contribution is 2.51. The molecule has 3 unspecified atom stereocenters. The number of imide groups is 2. The average molecular weight is 410 g/mol. The Kier molecular flexibility index (Phi) is 4.71. The Morgan fingerprint density at radius 2 is 2.00 bits per heavy atom. The van der Waals surface area contributed by atoms with E-state index in [2.05, 4.69) is 16.0 Å². The second kappa shape index (κ2) is 7.28. The number of carbonyl (C=O) groups excluding carboxylic acids is 4. The number of benzene rings is 1. The van der Waals surface area contributed by atoms with E-state index < -0.39 is 23.8 Å². The molecule has 0 aromatic heterocycles. The van der Waals surface area contributed by atoms with Gasteiger partial charge in [-0.05, 0) is 61.7 Å². The predicted octanol–water partition coefficient (Wildman–Crippen LogP) is 0.567. The lowest BCUT2D eigenvalue weighted by Crippen LogP contribution is -2.54. The number of fused-ring (bicyclic) bond motifs is 2. The summed E-state index contributed by atoms with van der Waals surface area (Å²) in [7, 11) is 0. The van der Waals surface area contributed by atoms with Crippen LogP contribution < -0.4 is 16.0 Å². The molecule has 4 aliphatic rings. The summed E-state index contributed by atoms with van der Waals surface area (Å²) in [6, 6.07) is 4.33. The van der Waals surface area contributed by atoms with E-state index in [1.807, 2.05) is 6.07 Å². The zero-order chi connectivity index (χ0) is 20.9. The number of nitrogens with one attached hydrogen (secondary N) is 3. The van der Waals surface area contributed by atoms with E-state index in [1.54, 1.807) is 12.1 Å². The minimum Gasteiger partial charge on any atom is -0.316 e. The van der Waals surface area contributed by atoms with E-state index in [4.69, 9.17) is 0 Å². The van der Waals surface area contributed by atoms with Crippen molar-refractivity contribution in [2.24, 2.45) is 11.3 Å². The van der Waals surface area contributed by atoms with Gasteiger partial charge in [0.2, 0.25) is 11.8 Å². The van der Waals surface area contributed by atoms with Crippen molar-refractivity contribution in [3.8, 4) is 0 Å². The largest absolute Gasteiger partial charge is 0.316 e. The molecular formula is C22H26N4O4. The maximum absolute atomic E-state index is 13.1. The summed E-state index contributed by atoms with van der Waals surface area (Å²) in [5, 5.41) is 9.18. The van der Waals surface area contributed by atoms with Gasteiger partial charge in [0.1, 0.15) is 6.04 Å². The highest BCUT2D eigenvalue weighted by molar-refractivity contribution is 6.24. The lowest BCUT2D eigenvalue weighted by molar-refractivity contribution is -0.136. The summed E-state index contributed by atoms with van der Waals surface area (Å²) in [6.07, 6.45) is 3.98. The van der Waals surface area contributed by atoms with Crippen LogP contribution in [0.2, 0.25) is 0 Å². The molecule has 158 valence electrons. The third-order valence-electron chi connectivity index (χ3n) is 7.39. The molecule has 5 rings (SSSR count). The van der Waals surface area contributed by atoms with Crippen LogP contribution in [-0.4, -0.2) is 54.2 Å². The van der Waals surface area contributed by atoms with E-state index in [-0.39, 0.29) is 18.7 Å². The molecule has 0 radical (unpaired) electrons. The van der Waals surface area contributed by atoms with Crippen LogP contribution in [0.5, 0.6) is 0 Å². The Morgan fingerprint density at radius 3 is 2.73 bits per heavy atom. The first-order valence-electron chi connectivity index (χ1n) is 10.8. The summed E-state index contributed by atoms with van der Waals surface area (Å²) in [6.45, 7) is 3.58. The van der Waals surface area contributed by atoms with Crippen LogP contribution in [0.25, 0.3) is 0 Å². The standard InChI is InChI=1S/C22H26N4O4/c27-17-5-4-16(19(28)25-17)26-20(29)15-3-1-2-13(18(15)21(26)30)10-23-9-8-22-7-6-14(22)11-24-12-22/h1-3,14,16,23-24H,4-12H2,(H,25,27,28). The van der Waals surface area contributed by atoms with Crippen molar-refractivity contribution in [3.63, 3.8) is 0 Å². The molecule has 1 aliphatic carbocycles. The molecule has 8 heteroatoms. The van der Waals surface area contributed by atoms with Crippen molar-refractivity contribution >= 4 is 23.6 Å². The first-order chi connectivity index (χ1) is 14.5. The number of hydrogen-bond acceptors (Lipinski definition) is 6. The van der Waals surface area contributed by atoms with Gasteiger partial charge in [0.15, 0.2) is 0 Å². The molecule has 1 saturated carbocycles. The van der Waals surface area contributed by atoms with E-state index in [1.165, 1.54) is 12.8 Å². The summed E-state index contributed by atoms with van der Waals surface area (Å²) < 4.78 is 0. The van der Waals surface area contributed by atoms with Crippen LogP contribution in [0.4, 0.5) is 0 Å². The molecule has 3 aliphatic heterocycles. The number of nitrogens with zero attached hydrogens (tertiary/aromatic N) is 1. The van der Waals surface area contributed by atoms with Crippen LogP contribution in [0, 0.1) is 11.3 Å². The normalized spacial score (nSPS) is 30.2. The summed E-state index contributed by atoms with van der Waals surface area (Å²) in [4.78, 5) is 50.7. The average Bonchev–Trinajstić information content (AvgIpc) is 3.14. The molecule has 3 fully saturated rings. The molecular weight excluding hydrogens is 384 g/mol. The summed E-state index contributed by atoms with van der Waals surface area (Å²) in [5.74, 6) is -1.07. The molecule has 1 aromatic rings. The van der Waals surface area contributed by atoms with E-state index >= 15 is 0 Å². The monoisotopic (exact) mass is 410 g/mol. The molecule has 30 heavy (non-hydrogen) atoms. The smallest absolute Gasteiger partial charge is 0.262 e. The third kappa shape index (κ3) is 2.97. The van der Waals surface area contributed by atoms with Gasteiger partial charge in [-0.1, -0.05) is 12.1 Å². The minimum atomic E-state index is -0.930. The Labute approximate surface area is 174 Å². The van der Waals surface area contributed by atoms with Crippen molar-refractivity contribution < 1.29 is 19.2 Å². The fraction of sp³-hybridized carbons (Fsp3) is 0.545. The molecule has 4 amide bonds. The molecule has 2 saturated heterocycles. The second-order valence-corrected chi connectivity index (χ2v) is 8.94. The maximum atomic E-state index is 13.1. The third-order valence-corrected chi connectivity index (χ3v) is 7.39. The van der Waals surface area contributed by atoms with Crippen molar-refractivity contribution in [3.05, 3.63) is 34.9 Å².